The van der Waals surface area contributed by atoms with Gasteiger partial charge in [-0.25, -0.2) is 4.79 Å². The van der Waals surface area contributed by atoms with E-state index in [9.17, 15) is 14.9 Å². The van der Waals surface area contributed by atoms with Crippen LogP contribution in [-0.2, 0) is 4.79 Å². The monoisotopic (exact) mass is 476 g/mol. The van der Waals surface area contributed by atoms with Crippen molar-refractivity contribution in [1.82, 2.24) is 0 Å². The standard InChI is InChI=1S/C26H21ClN2O5/c1-16-5-4-6-21(27)24(16)29-25(30)19(15-28)13-17-7-12-22(23(14-17)33-3)34-26(31)18-8-10-20(32-2)11-9-18/h4-14H,1-3H3,(H,29,30)/b19-13+. The van der Waals surface area contributed by atoms with Gasteiger partial charge in [0, 0.05) is 0 Å². The first-order valence-corrected chi connectivity index (χ1v) is 10.5. The summed E-state index contributed by atoms with van der Waals surface area (Å²) in [5.74, 6) is -0.109. The summed E-state index contributed by atoms with van der Waals surface area (Å²) in [7, 11) is 2.96. The number of nitriles is 1. The number of aryl methyl sites for hydroxylation is 1. The Morgan fingerprint density at radius 2 is 1.74 bits per heavy atom. The van der Waals surface area contributed by atoms with Crippen molar-refractivity contribution in [1.29, 1.82) is 5.26 Å². The molecule has 0 bridgehead atoms. The first-order valence-electron chi connectivity index (χ1n) is 10.1. The minimum absolute atomic E-state index is 0.135. The van der Waals surface area contributed by atoms with Gasteiger partial charge < -0.3 is 19.5 Å². The molecule has 34 heavy (non-hydrogen) atoms. The van der Waals surface area contributed by atoms with Gasteiger partial charge in [-0.1, -0.05) is 29.8 Å². The number of nitrogens with zero attached hydrogens (tertiary/aromatic N) is 1. The SMILES string of the molecule is COc1ccc(C(=O)Oc2ccc(/C=C(\C#N)C(=O)Nc3c(C)cccc3Cl)cc2OC)cc1. The topological polar surface area (TPSA) is 97.7 Å². The van der Waals surface area contributed by atoms with Crippen molar-refractivity contribution in [2.24, 2.45) is 0 Å². The highest BCUT2D eigenvalue weighted by Crippen LogP contribution is 2.30. The number of hydrogen-bond acceptors (Lipinski definition) is 6. The third-order valence-electron chi connectivity index (χ3n) is 4.85. The summed E-state index contributed by atoms with van der Waals surface area (Å²) in [6.07, 6.45) is 1.40. The molecule has 0 unspecified atom stereocenters. The number of carbonyl (C=O) groups excluding carboxylic acids is 2. The quantitative estimate of drug-likeness (QED) is 0.211. The van der Waals surface area contributed by atoms with Crippen LogP contribution in [0.25, 0.3) is 6.08 Å². The first kappa shape index (κ1) is 24.4. The average Bonchev–Trinajstić information content (AvgIpc) is 2.85. The Hall–Kier alpha value is -4.28. The van der Waals surface area contributed by atoms with Gasteiger partial charge in [0.25, 0.3) is 5.91 Å². The maximum atomic E-state index is 12.7. The Kier molecular flexibility index (Phi) is 7.91. The zero-order valence-electron chi connectivity index (χ0n) is 18.7. The molecule has 0 atom stereocenters. The third-order valence-corrected chi connectivity index (χ3v) is 5.17. The number of rotatable bonds is 7. The fraction of sp³-hybridized carbons (Fsp3) is 0.115. The van der Waals surface area contributed by atoms with Gasteiger partial charge >= 0.3 is 5.97 Å². The van der Waals surface area contributed by atoms with E-state index in [1.807, 2.05) is 6.07 Å². The fourth-order valence-corrected chi connectivity index (χ4v) is 3.30. The van der Waals surface area contributed by atoms with Gasteiger partial charge in [0.1, 0.15) is 17.4 Å². The summed E-state index contributed by atoms with van der Waals surface area (Å²) in [5.41, 5.74) is 1.91. The van der Waals surface area contributed by atoms with E-state index in [-0.39, 0.29) is 17.1 Å². The largest absolute Gasteiger partial charge is 0.497 e. The van der Waals surface area contributed by atoms with E-state index in [4.69, 9.17) is 25.8 Å². The van der Waals surface area contributed by atoms with Crippen molar-refractivity contribution in [3.05, 3.63) is 87.9 Å². The second-order valence-electron chi connectivity index (χ2n) is 7.08. The van der Waals surface area contributed by atoms with Crippen molar-refractivity contribution >= 4 is 35.2 Å². The van der Waals surface area contributed by atoms with Gasteiger partial charge in [-0.3, -0.25) is 4.79 Å². The lowest BCUT2D eigenvalue weighted by Gasteiger charge is -2.11. The number of halogens is 1. The summed E-state index contributed by atoms with van der Waals surface area (Å²) in [5, 5.41) is 12.6. The fourth-order valence-electron chi connectivity index (χ4n) is 3.03. The zero-order valence-corrected chi connectivity index (χ0v) is 19.5. The number of nitrogens with one attached hydrogen (secondary N) is 1. The zero-order chi connectivity index (χ0) is 24.7. The highest BCUT2D eigenvalue weighted by Gasteiger charge is 2.16. The van der Waals surface area contributed by atoms with Gasteiger partial charge in [0.15, 0.2) is 11.5 Å². The van der Waals surface area contributed by atoms with Gasteiger partial charge in [0.2, 0.25) is 0 Å². The highest BCUT2D eigenvalue weighted by molar-refractivity contribution is 6.34. The molecule has 0 saturated heterocycles. The van der Waals surface area contributed by atoms with E-state index in [0.717, 1.165) is 5.56 Å². The van der Waals surface area contributed by atoms with E-state index in [1.165, 1.54) is 26.4 Å². The van der Waals surface area contributed by atoms with Crippen LogP contribution in [0.5, 0.6) is 17.2 Å². The molecule has 0 heterocycles. The predicted octanol–water partition coefficient (Wildman–Crippen LogP) is 5.43. The van der Waals surface area contributed by atoms with Gasteiger partial charge in [0.05, 0.1) is 30.5 Å². The van der Waals surface area contributed by atoms with Crippen LogP contribution in [0, 0.1) is 18.3 Å². The molecule has 0 aliphatic rings. The summed E-state index contributed by atoms with van der Waals surface area (Å²) < 4.78 is 15.9. The van der Waals surface area contributed by atoms with Crippen molar-refractivity contribution in [3.8, 4) is 23.3 Å². The molecule has 0 radical (unpaired) electrons. The molecular weight excluding hydrogens is 456 g/mol. The maximum Gasteiger partial charge on any atom is 0.343 e. The summed E-state index contributed by atoms with van der Waals surface area (Å²) in [6, 6.07) is 18.3. The number of benzene rings is 3. The van der Waals surface area contributed by atoms with Gasteiger partial charge in [-0.2, -0.15) is 5.26 Å². The molecule has 0 aromatic heterocycles. The number of anilines is 1. The number of para-hydroxylation sites is 1. The van der Waals surface area contributed by atoms with Crippen LogP contribution in [0.3, 0.4) is 0 Å². The number of amides is 1. The lowest BCUT2D eigenvalue weighted by atomic mass is 10.1. The highest BCUT2D eigenvalue weighted by atomic mass is 35.5. The molecule has 0 spiro atoms. The van der Waals surface area contributed by atoms with Crippen molar-refractivity contribution in [2.45, 2.75) is 6.92 Å². The molecule has 3 aromatic carbocycles. The van der Waals surface area contributed by atoms with Crippen molar-refractivity contribution in [2.75, 3.05) is 19.5 Å². The molecular formula is C26H21ClN2O5. The molecule has 1 N–H and O–H groups in total. The molecule has 0 aliphatic carbocycles. The minimum Gasteiger partial charge on any atom is -0.497 e. The number of carbonyl (C=O) groups is 2. The van der Waals surface area contributed by atoms with Gasteiger partial charge in [-0.15, -0.1) is 0 Å². The number of methoxy groups -OCH3 is 2. The predicted molar refractivity (Wildman–Crippen MR) is 129 cm³/mol. The van der Waals surface area contributed by atoms with E-state index in [0.29, 0.717) is 27.6 Å². The van der Waals surface area contributed by atoms with E-state index >= 15 is 0 Å². The molecule has 172 valence electrons. The number of ether oxygens (including phenoxy) is 3. The minimum atomic E-state index is -0.604. The molecule has 0 aliphatic heterocycles. The third kappa shape index (κ3) is 5.74. The molecule has 7 nitrogen and oxygen atoms in total. The molecule has 8 heteroatoms. The van der Waals surface area contributed by atoms with Crippen LogP contribution in [0.15, 0.2) is 66.2 Å². The van der Waals surface area contributed by atoms with Crippen LogP contribution in [0.1, 0.15) is 21.5 Å². The summed E-state index contributed by atoms with van der Waals surface area (Å²) in [4.78, 5) is 25.1. The second kappa shape index (κ2) is 11.0. The normalized spacial score (nSPS) is 10.7. The van der Waals surface area contributed by atoms with Crippen molar-refractivity contribution < 1.29 is 23.8 Å². The number of hydrogen-bond donors (Lipinski definition) is 1. The smallest absolute Gasteiger partial charge is 0.343 e. The van der Waals surface area contributed by atoms with Crippen LogP contribution in [0.2, 0.25) is 5.02 Å². The molecule has 3 rings (SSSR count). The average molecular weight is 477 g/mol. The van der Waals surface area contributed by atoms with Crippen molar-refractivity contribution in [3.63, 3.8) is 0 Å². The lowest BCUT2D eigenvalue weighted by Crippen LogP contribution is -2.14. The van der Waals surface area contributed by atoms with Gasteiger partial charge in [-0.05, 0) is 66.6 Å². The second-order valence-corrected chi connectivity index (χ2v) is 7.49. The Morgan fingerprint density at radius 1 is 1.00 bits per heavy atom. The van der Waals surface area contributed by atoms with Crippen LogP contribution in [-0.4, -0.2) is 26.1 Å². The first-order chi connectivity index (χ1) is 16.4. The van der Waals surface area contributed by atoms with E-state index < -0.39 is 11.9 Å². The maximum absolute atomic E-state index is 12.7. The van der Waals surface area contributed by atoms with E-state index in [1.54, 1.807) is 61.5 Å². The molecule has 0 fully saturated rings. The summed E-state index contributed by atoms with van der Waals surface area (Å²) in [6.45, 7) is 1.80. The Labute approximate surface area is 202 Å². The van der Waals surface area contributed by atoms with Crippen LogP contribution < -0.4 is 19.5 Å². The molecule has 3 aromatic rings. The lowest BCUT2D eigenvalue weighted by molar-refractivity contribution is -0.112. The van der Waals surface area contributed by atoms with Crippen LogP contribution >= 0.6 is 11.6 Å². The van der Waals surface area contributed by atoms with E-state index in [2.05, 4.69) is 5.32 Å². The molecule has 1 amide bonds. The van der Waals surface area contributed by atoms with Crippen LogP contribution in [0.4, 0.5) is 5.69 Å². The summed E-state index contributed by atoms with van der Waals surface area (Å²) >= 11 is 6.16. The Bertz CT molecular complexity index is 1270. The molecule has 0 saturated carbocycles. The number of esters is 1. The Morgan fingerprint density at radius 3 is 2.35 bits per heavy atom. The Balaban J connectivity index is 1.81.